The second kappa shape index (κ2) is 7.92. The van der Waals surface area contributed by atoms with Gasteiger partial charge in [-0.1, -0.05) is 12.1 Å². The largest absolute Gasteiger partial charge is 0.497 e. The fraction of sp³-hybridized carbons (Fsp3) is 0.417. The molecule has 0 aromatic heterocycles. The molecule has 0 saturated heterocycles. The molecule has 0 fully saturated rings. The van der Waals surface area contributed by atoms with E-state index in [1.165, 1.54) is 0 Å². The van der Waals surface area contributed by atoms with E-state index < -0.39 is 6.04 Å². The Morgan fingerprint density at radius 1 is 1.35 bits per heavy atom. The van der Waals surface area contributed by atoms with Gasteiger partial charge in [-0.15, -0.1) is 12.4 Å². The third kappa shape index (κ3) is 5.06. The van der Waals surface area contributed by atoms with Gasteiger partial charge in [0, 0.05) is 0 Å². The highest BCUT2D eigenvalue weighted by molar-refractivity contribution is 5.85. The Morgan fingerprint density at radius 3 is 2.41 bits per heavy atom. The monoisotopic (exact) mass is 259 g/mol. The number of benzene rings is 1. The molecule has 0 spiro atoms. The molecule has 5 heteroatoms. The average Bonchev–Trinajstić information content (AvgIpc) is 2.30. The number of hydrogen-bond acceptors (Lipinski definition) is 4. The number of carbonyl (C=O) groups excluding carboxylic acids is 1. The molecule has 0 bridgehead atoms. The van der Waals surface area contributed by atoms with Gasteiger partial charge >= 0.3 is 5.97 Å². The van der Waals surface area contributed by atoms with Crippen LogP contribution < -0.4 is 10.5 Å². The highest BCUT2D eigenvalue weighted by atomic mass is 35.5. The molecule has 0 aliphatic rings. The lowest BCUT2D eigenvalue weighted by Gasteiger charge is -2.10. The van der Waals surface area contributed by atoms with Gasteiger partial charge in [-0.3, -0.25) is 4.79 Å². The van der Waals surface area contributed by atoms with Crippen molar-refractivity contribution in [3.8, 4) is 5.75 Å². The van der Waals surface area contributed by atoms with Crippen molar-refractivity contribution in [2.45, 2.75) is 19.4 Å². The lowest BCUT2D eigenvalue weighted by Crippen LogP contribution is -2.34. The molecule has 0 heterocycles. The fourth-order valence-corrected chi connectivity index (χ4v) is 1.35. The van der Waals surface area contributed by atoms with Gasteiger partial charge in [0.1, 0.15) is 11.8 Å². The maximum Gasteiger partial charge on any atom is 0.323 e. The van der Waals surface area contributed by atoms with Gasteiger partial charge in [0.05, 0.1) is 13.7 Å². The standard InChI is InChI=1S/C12H17NO3.ClH/c1-3-16-12(14)11(13)8-9-4-6-10(15-2)7-5-9;/h4-7,11H,3,8,13H2,1-2H3;1H/t11-;/m1./s1. The molecule has 0 radical (unpaired) electrons. The van der Waals surface area contributed by atoms with Crippen molar-refractivity contribution in [2.24, 2.45) is 5.73 Å². The van der Waals surface area contributed by atoms with Gasteiger partial charge in [-0.05, 0) is 31.0 Å². The minimum absolute atomic E-state index is 0. The van der Waals surface area contributed by atoms with Crippen molar-refractivity contribution in [1.29, 1.82) is 0 Å². The summed E-state index contributed by atoms with van der Waals surface area (Å²) in [5.74, 6) is 0.423. The molecule has 1 aromatic rings. The molecule has 0 amide bonds. The van der Waals surface area contributed by atoms with Crippen LogP contribution in [0.15, 0.2) is 24.3 Å². The van der Waals surface area contributed by atoms with Crippen molar-refractivity contribution in [3.63, 3.8) is 0 Å². The third-order valence-electron chi connectivity index (χ3n) is 2.20. The molecule has 2 N–H and O–H groups in total. The van der Waals surface area contributed by atoms with Crippen LogP contribution in [-0.2, 0) is 16.0 Å². The normalized spacial score (nSPS) is 11.2. The summed E-state index contributed by atoms with van der Waals surface area (Å²) in [5.41, 5.74) is 6.69. The van der Waals surface area contributed by atoms with E-state index in [0.717, 1.165) is 11.3 Å². The molecule has 1 atom stereocenters. The van der Waals surface area contributed by atoms with E-state index >= 15 is 0 Å². The molecule has 4 nitrogen and oxygen atoms in total. The Kier molecular flexibility index (Phi) is 7.34. The zero-order valence-electron chi connectivity index (χ0n) is 10.0. The molecule has 0 saturated carbocycles. The number of nitrogens with two attached hydrogens (primary N) is 1. The molecule has 0 aliphatic heterocycles. The van der Waals surface area contributed by atoms with Crippen LogP contribution in [0.2, 0.25) is 0 Å². The molecule has 0 unspecified atom stereocenters. The summed E-state index contributed by atoms with van der Waals surface area (Å²) in [6, 6.07) is 6.85. The van der Waals surface area contributed by atoms with Gasteiger partial charge < -0.3 is 15.2 Å². The van der Waals surface area contributed by atoms with Crippen molar-refractivity contribution >= 4 is 18.4 Å². The lowest BCUT2D eigenvalue weighted by atomic mass is 10.1. The minimum atomic E-state index is -0.603. The summed E-state index contributed by atoms with van der Waals surface area (Å²) >= 11 is 0. The Labute approximate surface area is 108 Å². The second-order valence-electron chi connectivity index (χ2n) is 3.41. The molecule has 1 rings (SSSR count). The van der Waals surface area contributed by atoms with Gasteiger partial charge in [0.25, 0.3) is 0 Å². The van der Waals surface area contributed by atoms with Crippen molar-refractivity contribution < 1.29 is 14.3 Å². The van der Waals surface area contributed by atoms with Crippen LogP contribution in [0.25, 0.3) is 0 Å². The van der Waals surface area contributed by atoms with E-state index in [9.17, 15) is 4.79 Å². The van der Waals surface area contributed by atoms with Gasteiger partial charge in [0.15, 0.2) is 0 Å². The van der Waals surface area contributed by atoms with Gasteiger partial charge in [0.2, 0.25) is 0 Å². The Bertz CT molecular complexity index is 340. The van der Waals surface area contributed by atoms with E-state index in [1.807, 2.05) is 24.3 Å². The van der Waals surface area contributed by atoms with E-state index in [4.69, 9.17) is 15.2 Å². The van der Waals surface area contributed by atoms with Crippen LogP contribution in [0.1, 0.15) is 12.5 Å². The Balaban J connectivity index is 0.00000256. The number of carbonyl (C=O) groups is 1. The van der Waals surface area contributed by atoms with Gasteiger partial charge in [-0.2, -0.15) is 0 Å². The molecular formula is C12H18ClNO3. The molecule has 1 aromatic carbocycles. The summed E-state index contributed by atoms with van der Waals surface area (Å²) in [7, 11) is 1.61. The van der Waals surface area contributed by atoms with Crippen LogP contribution in [0.3, 0.4) is 0 Å². The first kappa shape index (κ1) is 15.7. The SMILES string of the molecule is CCOC(=O)[C@H](N)Cc1ccc(OC)cc1.Cl. The highest BCUT2D eigenvalue weighted by Gasteiger charge is 2.14. The summed E-state index contributed by atoms with van der Waals surface area (Å²) in [6.07, 6.45) is 0.475. The van der Waals surface area contributed by atoms with Crippen molar-refractivity contribution in [3.05, 3.63) is 29.8 Å². The first-order valence-electron chi connectivity index (χ1n) is 5.22. The summed E-state index contributed by atoms with van der Waals surface area (Å²) in [4.78, 5) is 11.3. The number of rotatable bonds is 5. The zero-order valence-corrected chi connectivity index (χ0v) is 10.8. The Hall–Kier alpha value is -1.26. The van der Waals surface area contributed by atoms with E-state index in [0.29, 0.717) is 13.0 Å². The van der Waals surface area contributed by atoms with Gasteiger partial charge in [-0.25, -0.2) is 0 Å². The van der Waals surface area contributed by atoms with Crippen molar-refractivity contribution in [1.82, 2.24) is 0 Å². The predicted molar refractivity (Wildman–Crippen MR) is 68.6 cm³/mol. The van der Waals surface area contributed by atoms with E-state index in [-0.39, 0.29) is 18.4 Å². The first-order chi connectivity index (χ1) is 7.67. The van der Waals surface area contributed by atoms with Crippen LogP contribution in [0.4, 0.5) is 0 Å². The second-order valence-corrected chi connectivity index (χ2v) is 3.41. The molecule has 0 aliphatic carbocycles. The number of ether oxygens (including phenoxy) is 2. The summed E-state index contributed by atoms with van der Waals surface area (Å²) < 4.78 is 9.87. The highest BCUT2D eigenvalue weighted by Crippen LogP contribution is 2.12. The molecular weight excluding hydrogens is 242 g/mol. The Morgan fingerprint density at radius 2 is 1.94 bits per heavy atom. The summed E-state index contributed by atoms with van der Waals surface area (Å²) in [6.45, 7) is 2.12. The van der Waals surface area contributed by atoms with Crippen LogP contribution in [0, 0.1) is 0 Å². The maximum absolute atomic E-state index is 11.3. The topological polar surface area (TPSA) is 61.5 Å². The van der Waals surface area contributed by atoms with Crippen LogP contribution in [-0.4, -0.2) is 25.7 Å². The summed E-state index contributed by atoms with van der Waals surface area (Å²) in [5, 5.41) is 0. The predicted octanol–water partition coefficient (Wildman–Crippen LogP) is 1.55. The van der Waals surface area contributed by atoms with Crippen LogP contribution in [0.5, 0.6) is 5.75 Å². The third-order valence-corrected chi connectivity index (χ3v) is 2.20. The van der Waals surface area contributed by atoms with Crippen molar-refractivity contribution in [2.75, 3.05) is 13.7 Å². The number of halogens is 1. The minimum Gasteiger partial charge on any atom is -0.497 e. The lowest BCUT2D eigenvalue weighted by molar-refractivity contribution is -0.144. The quantitative estimate of drug-likeness (QED) is 0.815. The van der Waals surface area contributed by atoms with Crippen LogP contribution >= 0.6 is 12.4 Å². The molecule has 17 heavy (non-hydrogen) atoms. The first-order valence-corrected chi connectivity index (χ1v) is 5.22. The molecule has 96 valence electrons. The number of hydrogen-bond donors (Lipinski definition) is 1. The zero-order chi connectivity index (χ0) is 12.0. The van der Waals surface area contributed by atoms with E-state index in [2.05, 4.69) is 0 Å². The maximum atomic E-state index is 11.3. The number of esters is 1. The van der Waals surface area contributed by atoms with E-state index in [1.54, 1.807) is 14.0 Å². The fourth-order valence-electron chi connectivity index (χ4n) is 1.35. The number of methoxy groups -OCH3 is 1. The smallest absolute Gasteiger partial charge is 0.323 e. The average molecular weight is 260 g/mol.